The van der Waals surface area contributed by atoms with Crippen molar-refractivity contribution in [3.63, 3.8) is 0 Å². The van der Waals surface area contributed by atoms with Crippen molar-refractivity contribution in [1.82, 2.24) is 0 Å². The van der Waals surface area contributed by atoms with Gasteiger partial charge in [0.2, 0.25) is 5.90 Å². The molecule has 1 aliphatic rings. The van der Waals surface area contributed by atoms with Crippen LogP contribution in [0.4, 0.5) is 17.6 Å². The van der Waals surface area contributed by atoms with Crippen LogP contribution in [0.1, 0.15) is 16.7 Å². The Bertz CT molecular complexity index is 834. The summed E-state index contributed by atoms with van der Waals surface area (Å²) in [6, 6.07) is 9.50. The van der Waals surface area contributed by atoms with E-state index in [1.807, 2.05) is 0 Å². The van der Waals surface area contributed by atoms with E-state index in [1.165, 1.54) is 42.5 Å². The van der Waals surface area contributed by atoms with Gasteiger partial charge in [0.15, 0.2) is 5.70 Å². The molecule has 0 aromatic heterocycles. The van der Waals surface area contributed by atoms with Gasteiger partial charge in [-0.25, -0.2) is 14.2 Å². The number of carbonyl (C=O) groups is 1. The number of halogens is 4. The largest absolute Gasteiger partial charge is 0.416 e. The van der Waals surface area contributed by atoms with Gasteiger partial charge in [0.25, 0.3) is 0 Å². The molecule has 1 heterocycles. The smallest absolute Gasteiger partial charge is 0.402 e. The number of rotatable bonds is 2. The van der Waals surface area contributed by atoms with Crippen molar-refractivity contribution in [2.75, 3.05) is 0 Å². The van der Waals surface area contributed by atoms with E-state index >= 15 is 0 Å². The number of benzene rings is 2. The Morgan fingerprint density at radius 3 is 2.17 bits per heavy atom. The van der Waals surface area contributed by atoms with Gasteiger partial charge in [-0.05, 0) is 48.0 Å². The van der Waals surface area contributed by atoms with Crippen LogP contribution < -0.4 is 0 Å². The molecule has 122 valence electrons. The summed E-state index contributed by atoms with van der Waals surface area (Å²) in [7, 11) is 0. The van der Waals surface area contributed by atoms with Crippen molar-refractivity contribution in [2.45, 2.75) is 6.18 Å². The molecule has 0 bridgehead atoms. The maximum atomic E-state index is 12.9. The minimum Gasteiger partial charge on any atom is -0.402 e. The van der Waals surface area contributed by atoms with E-state index in [0.29, 0.717) is 11.1 Å². The number of aliphatic imine (C=N–C) groups is 1. The summed E-state index contributed by atoms with van der Waals surface area (Å²) in [4.78, 5) is 15.8. The molecule has 2 aromatic rings. The standard InChI is InChI=1S/C17H9F4NO2/c18-13-7-3-11(4-8-13)15-22-14(16(23)24-15)9-10-1-5-12(6-2-10)17(19,20)21/h1-9H/b14-9+. The molecule has 0 spiro atoms. The van der Waals surface area contributed by atoms with Crippen LogP contribution in [-0.4, -0.2) is 11.9 Å². The molecule has 3 nitrogen and oxygen atoms in total. The molecule has 0 saturated carbocycles. The van der Waals surface area contributed by atoms with E-state index in [4.69, 9.17) is 4.74 Å². The Balaban J connectivity index is 1.87. The summed E-state index contributed by atoms with van der Waals surface area (Å²) in [5, 5.41) is 0. The summed E-state index contributed by atoms with van der Waals surface area (Å²) in [5.41, 5.74) is -0.0390. The molecule has 0 unspecified atom stereocenters. The number of hydrogen-bond donors (Lipinski definition) is 0. The number of cyclic esters (lactones) is 1. The van der Waals surface area contributed by atoms with Crippen molar-refractivity contribution in [2.24, 2.45) is 4.99 Å². The van der Waals surface area contributed by atoms with Crippen molar-refractivity contribution < 1.29 is 27.1 Å². The van der Waals surface area contributed by atoms with Gasteiger partial charge in [0.1, 0.15) is 5.82 Å². The average molecular weight is 335 g/mol. The highest BCUT2D eigenvalue weighted by molar-refractivity contribution is 6.12. The Labute approximate surface area is 133 Å². The lowest BCUT2D eigenvalue weighted by molar-refractivity contribution is -0.137. The number of hydrogen-bond acceptors (Lipinski definition) is 3. The quantitative estimate of drug-likeness (QED) is 0.469. The molecule has 0 N–H and O–H groups in total. The molecule has 0 saturated heterocycles. The van der Waals surface area contributed by atoms with Crippen molar-refractivity contribution in [3.8, 4) is 0 Å². The minimum atomic E-state index is -4.42. The number of carbonyl (C=O) groups excluding carboxylic acids is 1. The molecule has 0 aliphatic carbocycles. The van der Waals surface area contributed by atoms with Crippen LogP contribution in [-0.2, 0) is 15.7 Å². The van der Waals surface area contributed by atoms with Gasteiger partial charge in [-0.15, -0.1) is 0 Å². The van der Waals surface area contributed by atoms with E-state index in [0.717, 1.165) is 12.1 Å². The zero-order valence-electron chi connectivity index (χ0n) is 12.0. The lowest BCUT2D eigenvalue weighted by atomic mass is 10.1. The van der Waals surface area contributed by atoms with Crippen molar-refractivity contribution in [3.05, 3.63) is 76.7 Å². The predicted octanol–water partition coefficient (Wildman–Crippen LogP) is 4.19. The number of esters is 1. The normalized spacial score (nSPS) is 16.2. The topological polar surface area (TPSA) is 38.7 Å². The first-order valence-electron chi connectivity index (χ1n) is 6.79. The molecule has 3 rings (SSSR count). The van der Waals surface area contributed by atoms with E-state index in [1.54, 1.807) is 0 Å². The average Bonchev–Trinajstić information content (AvgIpc) is 2.89. The summed E-state index contributed by atoms with van der Waals surface area (Å²) in [5.74, 6) is -1.16. The number of nitrogens with zero attached hydrogens (tertiary/aromatic N) is 1. The molecule has 2 aromatic carbocycles. The fourth-order valence-corrected chi connectivity index (χ4v) is 2.05. The third kappa shape index (κ3) is 3.34. The first kappa shape index (κ1) is 15.9. The van der Waals surface area contributed by atoms with Crippen molar-refractivity contribution in [1.29, 1.82) is 0 Å². The van der Waals surface area contributed by atoms with Crippen LogP contribution in [0, 0.1) is 5.82 Å². The fraction of sp³-hybridized carbons (Fsp3) is 0.0588. The Kier molecular flexibility index (Phi) is 3.92. The monoisotopic (exact) mass is 335 g/mol. The molecule has 7 heteroatoms. The second-order valence-electron chi connectivity index (χ2n) is 4.96. The zero-order chi connectivity index (χ0) is 17.3. The number of alkyl halides is 3. The van der Waals surface area contributed by atoms with E-state index in [-0.39, 0.29) is 11.6 Å². The van der Waals surface area contributed by atoms with Crippen LogP contribution in [0.2, 0.25) is 0 Å². The summed E-state index contributed by atoms with van der Waals surface area (Å²) in [6.45, 7) is 0. The summed E-state index contributed by atoms with van der Waals surface area (Å²) < 4.78 is 55.4. The highest BCUT2D eigenvalue weighted by Crippen LogP contribution is 2.29. The fourth-order valence-electron chi connectivity index (χ4n) is 2.05. The third-order valence-electron chi connectivity index (χ3n) is 3.25. The first-order valence-corrected chi connectivity index (χ1v) is 6.79. The Morgan fingerprint density at radius 2 is 1.58 bits per heavy atom. The molecule has 1 aliphatic heterocycles. The number of ether oxygens (including phenoxy) is 1. The van der Waals surface area contributed by atoms with Crippen LogP contribution in [0.25, 0.3) is 6.08 Å². The molecular weight excluding hydrogens is 326 g/mol. The highest BCUT2D eigenvalue weighted by atomic mass is 19.4. The van der Waals surface area contributed by atoms with Crippen molar-refractivity contribution >= 4 is 17.9 Å². The zero-order valence-corrected chi connectivity index (χ0v) is 12.0. The third-order valence-corrected chi connectivity index (χ3v) is 3.25. The lowest BCUT2D eigenvalue weighted by Gasteiger charge is -2.05. The molecule has 0 fully saturated rings. The Hall–Kier alpha value is -2.96. The predicted molar refractivity (Wildman–Crippen MR) is 78.5 cm³/mol. The van der Waals surface area contributed by atoms with Gasteiger partial charge in [0.05, 0.1) is 5.56 Å². The molecule has 0 atom stereocenters. The van der Waals surface area contributed by atoms with Gasteiger partial charge >= 0.3 is 12.1 Å². The highest BCUT2D eigenvalue weighted by Gasteiger charge is 2.30. The minimum absolute atomic E-state index is 0.0122. The molecule has 0 radical (unpaired) electrons. The second-order valence-corrected chi connectivity index (χ2v) is 4.96. The van der Waals surface area contributed by atoms with E-state index in [9.17, 15) is 22.4 Å². The lowest BCUT2D eigenvalue weighted by Crippen LogP contribution is -2.05. The van der Waals surface area contributed by atoms with E-state index < -0.39 is 23.5 Å². The maximum Gasteiger partial charge on any atom is 0.416 e. The van der Waals surface area contributed by atoms with Gasteiger partial charge in [0, 0.05) is 5.56 Å². The van der Waals surface area contributed by atoms with E-state index in [2.05, 4.69) is 4.99 Å². The van der Waals surface area contributed by atoms with Gasteiger partial charge < -0.3 is 4.74 Å². The van der Waals surface area contributed by atoms with Gasteiger partial charge in [-0.1, -0.05) is 12.1 Å². The maximum absolute atomic E-state index is 12.9. The van der Waals surface area contributed by atoms with Gasteiger partial charge in [-0.3, -0.25) is 0 Å². The SMILES string of the molecule is O=C1OC(c2ccc(F)cc2)=N/C1=C/c1ccc(C(F)(F)F)cc1. The molecular formula is C17H9F4NO2. The summed E-state index contributed by atoms with van der Waals surface area (Å²) >= 11 is 0. The second kappa shape index (κ2) is 5.92. The van der Waals surface area contributed by atoms with Crippen LogP contribution in [0.3, 0.4) is 0 Å². The van der Waals surface area contributed by atoms with Gasteiger partial charge in [-0.2, -0.15) is 13.2 Å². The van der Waals surface area contributed by atoms with Crippen LogP contribution >= 0.6 is 0 Å². The Morgan fingerprint density at radius 1 is 0.958 bits per heavy atom. The summed E-state index contributed by atoms with van der Waals surface area (Å²) in [6.07, 6.45) is -3.11. The van der Waals surface area contributed by atoms with Crippen LogP contribution in [0.15, 0.2) is 59.2 Å². The first-order chi connectivity index (χ1) is 11.3. The molecule has 0 amide bonds. The van der Waals surface area contributed by atoms with Crippen LogP contribution in [0.5, 0.6) is 0 Å². The molecule has 24 heavy (non-hydrogen) atoms.